The van der Waals surface area contributed by atoms with E-state index in [-0.39, 0.29) is 18.9 Å². The quantitative estimate of drug-likeness (QED) is 0.705. The lowest BCUT2D eigenvalue weighted by molar-refractivity contribution is -0.120. The van der Waals surface area contributed by atoms with Crippen LogP contribution in [0.5, 0.6) is 5.75 Å². The van der Waals surface area contributed by atoms with E-state index >= 15 is 0 Å². The fourth-order valence-corrected chi connectivity index (χ4v) is 1.49. The van der Waals surface area contributed by atoms with E-state index in [4.69, 9.17) is 4.74 Å². The van der Waals surface area contributed by atoms with E-state index in [9.17, 15) is 9.59 Å². The second-order valence-corrected chi connectivity index (χ2v) is 3.86. The normalized spacial score (nSPS) is 9.79. The van der Waals surface area contributed by atoms with Gasteiger partial charge in [-0.3, -0.25) is 10.1 Å². The van der Waals surface area contributed by atoms with Gasteiger partial charge in [-0.05, 0) is 13.1 Å². The largest absolute Gasteiger partial charge is 0.493 e. The van der Waals surface area contributed by atoms with Crippen LogP contribution in [0.15, 0.2) is 24.3 Å². The molecule has 0 unspecified atom stereocenters. The summed E-state index contributed by atoms with van der Waals surface area (Å²) in [7, 11) is 3.31. The first-order valence-electron chi connectivity index (χ1n) is 6.04. The van der Waals surface area contributed by atoms with Crippen molar-refractivity contribution < 1.29 is 14.3 Å². The molecule has 1 rings (SSSR count). The lowest BCUT2D eigenvalue weighted by Gasteiger charge is -2.10. The van der Waals surface area contributed by atoms with Gasteiger partial charge in [0.15, 0.2) is 0 Å². The van der Waals surface area contributed by atoms with Gasteiger partial charge in [0.2, 0.25) is 5.91 Å². The number of carbonyl (C=O) groups is 2. The maximum Gasteiger partial charge on any atom is 0.321 e. The van der Waals surface area contributed by atoms with E-state index in [2.05, 4.69) is 16.0 Å². The van der Waals surface area contributed by atoms with Gasteiger partial charge in [-0.2, -0.15) is 0 Å². The summed E-state index contributed by atoms with van der Waals surface area (Å²) in [6.45, 7) is 0.921. The van der Waals surface area contributed by atoms with E-state index in [0.29, 0.717) is 6.54 Å². The highest BCUT2D eigenvalue weighted by molar-refractivity contribution is 5.94. The number of rotatable bonds is 6. The molecule has 6 heteroatoms. The number of carbonyl (C=O) groups excluding carboxylic acids is 2. The van der Waals surface area contributed by atoms with Crippen molar-refractivity contribution in [2.24, 2.45) is 0 Å². The predicted octanol–water partition coefficient (Wildman–Crippen LogP) is 0.630. The van der Waals surface area contributed by atoms with Gasteiger partial charge in [0.1, 0.15) is 5.75 Å². The van der Waals surface area contributed by atoms with E-state index in [1.165, 1.54) is 7.05 Å². The minimum Gasteiger partial charge on any atom is -0.493 e. The summed E-state index contributed by atoms with van der Waals surface area (Å²) >= 11 is 0. The first kappa shape index (κ1) is 15.0. The van der Waals surface area contributed by atoms with Crippen molar-refractivity contribution in [1.82, 2.24) is 16.0 Å². The minimum absolute atomic E-state index is 0.126. The standard InChI is InChI=1S/C13H19N3O3/c1-14-9-10-5-3-4-6-11(10)19-8-7-12(17)16-13(18)15-2/h3-6,14H,7-9H2,1-2H3,(H2,15,16,17,18). The number of amides is 3. The van der Waals surface area contributed by atoms with Crippen LogP contribution in [0.4, 0.5) is 4.79 Å². The Bertz CT molecular complexity index is 435. The number of hydrogen-bond donors (Lipinski definition) is 3. The van der Waals surface area contributed by atoms with E-state index in [0.717, 1.165) is 11.3 Å². The number of benzene rings is 1. The highest BCUT2D eigenvalue weighted by atomic mass is 16.5. The van der Waals surface area contributed by atoms with Gasteiger partial charge >= 0.3 is 6.03 Å². The minimum atomic E-state index is -0.513. The second-order valence-electron chi connectivity index (χ2n) is 3.86. The summed E-state index contributed by atoms with van der Waals surface area (Å²) in [6.07, 6.45) is 0.126. The Balaban J connectivity index is 2.40. The molecule has 104 valence electrons. The van der Waals surface area contributed by atoms with Crippen LogP contribution >= 0.6 is 0 Å². The van der Waals surface area contributed by atoms with E-state index in [1.807, 2.05) is 31.3 Å². The average molecular weight is 265 g/mol. The van der Waals surface area contributed by atoms with Crippen LogP contribution in [0.2, 0.25) is 0 Å². The Morgan fingerprint density at radius 3 is 2.63 bits per heavy atom. The van der Waals surface area contributed by atoms with Crippen LogP contribution < -0.4 is 20.7 Å². The first-order valence-corrected chi connectivity index (χ1v) is 6.04. The number of urea groups is 1. The van der Waals surface area contributed by atoms with E-state index in [1.54, 1.807) is 0 Å². The summed E-state index contributed by atoms with van der Waals surface area (Å²) in [5, 5.41) is 7.53. The molecule has 0 heterocycles. The monoisotopic (exact) mass is 265 g/mol. The molecule has 0 saturated carbocycles. The van der Waals surface area contributed by atoms with Crippen LogP contribution in [-0.4, -0.2) is 32.6 Å². The van der Waals surface area contributed by atoms with Crippen molar-refractivity contribution in [3.05, 3.63) is 29.8 Å². The molecule has 0 spiro atoms. The Hall–Kier alpha value is -2.08. The van der Waals surface area contributed by atoms with Crippen LogP contribution in [0.3, 0.4) is 0 Å². The van der Waals surface area contributed by atoms with Crippen LogP contribution in [0, 0.1) is 0 Å². The molecule has 3 N–H and O–H groups in total. The molecule has 3 amide bonds. The topological polar surface area (TPSA) is 79.5 Å². The number of ether oxygens (including phenoxy) is 1. The third-order valence-electron chi connectivity index (χ3n) is 2.41. The fraction of sp³-hybridized carbons (Fsp3) is 0.385. The van der Waals surface area contributed by atoms with Crippen LogP contribution in [0.1, 0.15) is 12.0 Å². The Morgan fingerprint density at radius 2 is 1.95 bits per heavy atom. The predicted molar refractivity (Wildman–Crippen MR) is 71.9 cm³/mol. The molecule has 0 aliphatic carbocycles. The molecular formula is C13H19N3O3. The summed E-state index contributed by atoms with van der Waals surface area (Å²) in [4.78, 5) is 22.3. The van der Waals surface area contributed by atoms with Crippen molar-refractivity contribution in [1.29, 1.82) is 0 Å². The average Bonchev–Trinajstić information content (AvgIpc) is 2.41. The van der Waals surface area contributed by atoms with Gasteiger partial charge in [0.25, 0.3) is 0 Å². The molecule has 19 heavy (non-hydrogen) atoms. The van der Waals surface area contributed by atoms with Gasteiger partial charge in [-0.1, -0.05) is 18.2 Å². The highest BCUT2D eigenvalue weighted by Crippen LogP contribution is 2.17. The molecule has 0 aliphatic rings. The van der Waals surface area contributed by atoms with Gasteiger partial charge < -0.3 is 15.4 Å². The zero-order valence-corrected chi connectivity index (χ0v) is 11.2. The molecule has 1 aromatic carbocycles. The first-order chi connectivity index (χ1) is 9.17. The van der Waals surface area contributed by atoms with Crippen LogP contribution in [-0.2, 0) is 11.3 Å². The Morgan fingerprint density at radius 1 is 1.21 bits per heavy atom. The van der Waals surface area contributed by atoms with Gasteiger partial charge in [-0.25, -0.2) is 4.79 Å². The van der Waals surface area contributed by atoms with Gasteiger partial charge in [0, 0.05) is 19.2 Å². The molecular weight excluding hydrogens is 246 g/mol. The summed E-state index contributed by atoms with van der Waals surface area (Å²) in [5.74, 6) is 0.370. The highest BCUT2D eigenvalue weighted by Gasteiger charge is 2.07. The smallest absolute Gasteiger partial charge is 0.321 e. The molecule has 6 nitrogen and oxygen atoms in total. The van der Waals surface area contributed by atoms with Crippen LogP contribution in [0.25, 0.3) is 0 Å². The third kappa shape index (κ3) is 5.39. The SMILES string of the molecule is CNCc1ccccc1OCCC(=O)NC(=O)NC. The van der Waals surface area contributed by atoms with Gasteiger partial charge in [0.05, 0.1) is 13.0 Å². The maximum atomic E-state index is 11.3. The maximum absolute atomic E-state index is 11.3. The molecule has 1 aromatic rings. The summed E-state index contributed by atoms with van der Waals surface area (Å²) < 4.78 is 5.54. The molecule has 0 radical (unpaired) electrons. The molecule has 0 bridgehead atoms. The van der Waals surface area contributed by atoms with Crippen molar-refractivity contribution >= 4 is 11.9 Å². The third-order valence-corrected chi connectivity index (χ3v) is 2.41. The second kappa shape index (κ2) is 8.10. The fourth-order valence-electron chi connectivity index (χ4n) is 1.49. The zero-order valence-electron chi connectivity index (χ0n) is 11.2. The lowest BCUT2D eigenvalue weighted by atomic mass is 10.2. The molecule has 0 atom stereocenters. The van der Waals surface area contributed by atoms with Gasteiger partial charge in [-0.15, -0.1) is 0 Å². The van der Waals surface area contributed by atoms with E-state index < -0.39 is 6.03 Å². The molecule has 0 fully saturated rings. The van der Waals surface area contributed by atoms with Crippen molar-refractivity contribution in [3.63, 3.8) is 0 Å². The number of hydrogen-bond acceptors (Lipinski definition) is 4. The summed E-state index contributed by atoms with van der Waals surface area (Å²) in [6, 6.07) is 7.09. The lowest BCUT2D eigenvalue weighted by Crippen LogP contribution is -2.37. The molecule has 0 saturated heterocycles. The van der Waals surface area contributed by atoms with Crippen molar-refractivity contribution in [2.45, 2.75) is 13.0 Å². The molecule has 0 aliphatic heterocycles. The number of imide groups is 1. The number of nitrogens with one attached hydrogen (secondary N) is 3. The van der Waals surface area contributed by atoms with Crippen molar-refractivity contribution in [3.8, 4) is 5.75 Å². The van der Waals surface area contributed by atoms with Crippen molar-refractivity contribution in [2.75, 3.05) is 20.7 Å². The Kier molecular flexibility index (Phi) is 6.38. The summed E-state index contributed by atoms with van der Waals surface area (Å²) in [5.41, 5.74) is 1.02. The number of para-hydroxylation sites is 1. The Labute approximate surface area is 112 Å². The zero-order chi connectivity index (χ0) is 14.1. The molecule has 0 aromatic heterocycles.